The highest BCUT2D eigenvalue weighted by Crippen LogP contribution is 2.25. The summed E-state index contributed by atoms with van der Waals surface area (Å²) in [7, 11) is 1.66. The van der Waals surface area contributed by atoms with Crippen LogP contribution in [0.2, 0.25) is 0 Å². The number of benzene rings is 2. The minimum absolute atomic E-state index is 0.0346. The number of hydrogen-bond donors (Lipinski definition) is 1. The number of nitrogens with one attached hydrogen (secondary N) is 1. The number of H-pyrrole nitrogens is 1. The Hall–Kier alpha value is -3.19. The summed E-state index contributed by atoms with van der Waals surface area (Å²) in [4.78, 5) is 22.1. The van der Waals surface area contributed by atoms with E-state index in [4.69, 9.17) is 4.74 Å². The largest absolute Gasteiger partial charge is 0.497 e. The van der Waals surface area contributed by atoms with E-state index in [2.05, 4.69) is 44.3 Å². The number of methoxy groups -OCH3 is 1. The Balaban J connectivity index is 1.45. The monoisotopic (exact) mass is 433 g/mol. The maximum absolute atomic E-state index is 13.1. The zero-order valence-corrected chi connectivity index (χ0v) is 18.8. The highest BCUT2D eigenvalue weighted by molar-refractivity contribution is 5.76. The first-order valence-electron chi connectivity index (χ1n) is 11.2. The van der Waals surface area contributed by atoms with Gasteiger partial charge in [0, 0.05) is 32.6 Å². The maximum Gasteiger partial charge on any atom is 0.222 e. The van der Waals surface area contributed by atoms with Crippen LogP contribution in [0, 0.1) is 6.92 Å². The molecule has 7 nitrogen and oxygen atoms in total. The Kier molecular flexibility index (Phi) is 7.17. The number of ether oxygens (including phenoxy) is 1. The fraction of sp³-hybridized carbons (Fsp3) is 0.400. The minimum atomic E-state index is -0.0346. The van der Waals surface area contributed by atoms with Crippen LogP contribution in [0.3, 0.4) is 0 Å². The third-order valence-corrected chi connectivity index (χ3v) is 5.99. The summed E-state index contributed by atoms with van der Waals surface area (Å²) in [5, 5.41) is 7.42. The first kappa shape index (κ1) is 22.0. The first-order chi connectivity index (χ1) is 15.6. The molecule has 0 radical (unpaired) electrons. The molecule has 2 aromatic carbocycles. The lowest BCUT2D eigenvalue weighted by Gasteiger charge is -2.30. The standard InChI is InChI=1S/C25H31N5O2/c1-19-26-25(28-27-19)23-18-30(16-6-15-29(23)17-21-7-4-3-5-8-21)24(31)14-11-20-9-12-22(32-2)13-10-20/h3-5,7-10,12-13,23H,6,11,14-18H2,1-2H3,(H,26,27,28). The van der Waals surface area contributed by atoms with E-state index in [1.54, 1.807) is 7.11 Å². The van der Waals surface area contributed by atoms with Gasteiger partial charge in [0.25, 0.3) is 0 Å². The predicted octanol–water partition coefficient (Wildman–Crippen LogP) is 3.53. The second-order valence-corrected chi connectivity index (χ2v) is 8.29. The van der Waals surface area contributed by atoms with E-state index in [1.807, 2.05) is 42.2 Å². The number of aryl methyl sites for hydroxylation is 2. The van der Waals surface area contributed by atoms with E-state index in [1.165, 1.54) is 5.56 Å². The number of aromatic amines is 1. The van der Waals surface area contributed by atoms with Crippen LogP contribution in [0.1, 0.15) is 41.7 Å². The summed E-state index contributed by atoms with van der Waals surface area (Å²) >= 11 is 0. The van der Waals surface area contributed by atoms with Crippen molar-refractivity contribution in [2.75, 3.05) is 26.7 Å². The van der Waals surface area contributed by atoms with Gasteiger partial charge in [-0.1, -0.05) is 42.5 Å². The van der Waals surface area contributed by atoms with Crippen molar-refractivity contribution in [1.29, 1.82) is 0 Å². The molecule has 7 heteroatoms. The van der Waals surface area contributed by atoms with Crippen molar-refractivity contribution in [2.45, 2.75) is 38.8 Å². The molecule has 1 aliphatic heterocycles. The summed E-state index contributed by atoms with van der Waals surface area (Å²) in [6.07, 6.45) is 2.14. The Morgan fingerprint density at radius 3 is 2.56 bits per heavy atom. The van der Waals surface area contributed by atoms with E-state index in [9.17, 15) is 4.79 Å². The molecule has 32 heavy (non-hydrogen) atoms. The lowest BCUT2D eigenvalue weighted by atomic mass is 10.1. The van der Waals surface area contributed by atoms with Crippen molar-refractivity contribution in [2.24, 2.45) is 0 Å². The van der Waals surface area contributed by atoms with E-state index in [0.717, 1.165) is 55.4 Å². The molecule has 0 saturated carbocycles. The fourth-order valence-electron chi connectivity index (χ4n) is 4.23. The van der Waals surface area contributed by atoms with Gasteiger partial charge in [-0.2, -0.15) is 5.10 Å². The van der Waals surface area contributed by atoms with Crippen LogP contribution in [0.5, 0.6) is 5.75 Å². The van der Waals surface area contributed by atoms with E-state index >= 15 is 0 Å². The Labute approximate surface area is 189 Å². The number of amides is 1. The molecule has 1 fully saturated rings. The molecule has 1 saturated heterocycles. The van der Waals surface area contributed by atoms with Gasteiger partial charge in [0.2, 0.25) is 5.91 Å². The van der Waals surface area contributed by atoms with Crippen molar-refractivity contribution in [3.8, 4) is 5.75 Å². The van der Waals surface area contributed by atoms with Gasteiger partial charge in [0.05, 0.1) is 13.2 Å². The molecule has 1 amide bonds. The zero-order valence-electron chi connectivity index (χ0n) is 18.8. The van der Waals surface area contributed by atoms with Crippen molar-refractivity contribution in [3.05, 3.63) is 77.4 Å². The van der Waals surface area contributed by atoms with Crippen LogP contribution in [0.15, 0.2) is 54.6 Å². The Morgan fingerprint density at radius 1 is 1.09 bits per heavy atom. The molecule has 1 aromatic heterocycles. The smallest absolute Gasteiger partial charge is 0.222 e. The lowest BCUT2D eigenvalue weighted by molar-refractivity contribution is -0.131. The number of carbonyl (C=O) groups is 1. The Bertz CT molecular complexity index is 1000. The molecule has 0 aliphatic carbocycles. The molecule has 0 bridgehead atoms. The van der Waals surface area contributed by atoms with Gasteiger partial charge in [0.15, 0.2) is 5.82 Å². The summed E-state index contributed by atoms with van der Waals surface area (Å²) in [6, 6.07) is 18.3. The van der Waals surface area contributed by atoms with Gasteiger partial charge < -0.3 is 9.64 Å². The van der Waals surface area contributed by atoms with Crippen LogP contribution in [0.4, 0.5) is 0 Å². The number of nitrogens with zero attached hydrogens (tertiary/aromatic N) is 4. The zero-order chi connectivity index (χ0) is 22.3. The normalized spacial score (nSPS) is 17.2. The molecular weight excluding hydrogens is 402 g/mol. The third-order valence-electron chi connectivity index (χ3n) is 5.99. The number of hydrogen-bond acceptors (Lipinski definition) is 5. The second-order valence-electron chi connectivity index (χ2n) is 8.29. The van der Waals surface area contributed by atoms with Gasteiger partial charge in [-0.3, -0.25) is 14.8 Å². The van der Waals surface area contributed by atoms with E-state index < -0.39 is 0 Å². The van der Waals surface area contributed by atoms with E-state index in [-0.39, 0.29) is 11.9 Å². The molecule has 1 unspecified atom stereocenters. The quantitative estimate of drug-likeness (QED) is 0.617. The van der Waals surface area contributed by atoms with Crippen LogP contribution in [-0.4, -0.2) is 57.6 Å². The van der Waals surface area contributed by atoms with Crippen LogP contribution in [-0.2, 0) is 17.8 Å². The first-order valence-corrected chi connectivity index (χ1v) is 11.2. The van der Waals surface area contributed by atoms with Crippen molar-refractivity contribution < 1.29 is 9.53 Å². The molecule has 168 valence electrons. The van der Waals surface area contributed by atoms with Gasteiger partial charge in [-0.05, 0) is 43.0 Å². The summed E-state index contributed by atoms with van der Waals surface area (Å²) in [5.74, 6) is 2.56. The molecule has 0 spiro atoms. The highest BCUT2D eigenvalue weighted by Gasteiger charge is 2.31. The van der Waals surface area contributed by atoms with Gasteiger partial charge in [0.1, 0.15) is 11.6 Å². The summed E-state index contributed by atoms with van der Waals surface area (Å²) in [6.45, 7) is 4.98. The number of aromatic nitrogens is 3. The SMILES string of the molecule is COc1ccc(CCC(=O)N2CCCN(Cc3ccccc3)C(c3n[nH]c(C)n3)C2)cc1. The molecule has 2 heterocycles. The lowest BCUT2D eigenvalue weighted by Crippen LogP contribution is -2.38. The summed E-state index contributed by atoms with van der Waals surface area (Å²) in [5.41, 5.74) is 2.39. The Morgan fingerprint density at radius 2 is 1.88 bits per heavy atom. The fourth-order valence-corrected chi connectivity index (χ4v) is 4.23. The number of rotatable bonds is 7. The van der Waals surface area contributed by atoms with Gasteiger partial charge in [-0.15, -0.1) is 0 Å². The second kappa shape index (κ2) is 10.4. The molecule has 3 aromatic rings. The van der Waals surface area contributed by atoms with Gasteiger partial charge >= 0.3 is 0 Å². The van der Waals surface area contributed by atoms with Gasteiger partial charge in [-0.25, -0.2) is 4.98 Å². The molecular formula is C25H31N5O2. The van der Waals surface area contributed by atoms with Crippen LogP contribution < -0.4 is 4.74 Å². The van der Waals surface area contributed by atoms with Crippen molar-refractivity contribution in [1.82, 2.24) is 25.0 Å². The van der Waals surface area contributed by atoms with Crippen molar-refractivity contribution in [3.63, 3.8) is 0 Å². The topological polar surface area (TPSA) is 74.3 Å². The molecule has 1 atom stereocenters. The van der Waals surface area contributed by atoms with Crippen LogP contribution >= 0.6 is 0 Å². The molecule has 1 N–H and O–H groups in total. The molecule has 1 aliphatic rings. The number of carbonyl (C=O) groups excluding carboxylic acids is 1. The minimum Gasteiger partial charge on any atom is -0.497 e. The van der Waals surface area contributed by atoms with E-state index in [0.29, 0.717) is 13.0 Å². The average Bonchev–Trinajstić information content (AvgIpc) is 3.14. The van der Waals surface area contributed by atoms with Crippen LogP contribution in [0.25, 0.3) is 0 Å². The third kappa shape index (κ3) is 5.53. The maximum atomic E-state index is 13.1. The average molecular weight is 434 g/mol. The highest BCUT2D eigenvalue weighted by atomic mass is 16.5. The van der Waals surface area contributed by atoms with Crippen molar-refractivity contribution >= 4 is 5.91 Å². The predicted molar refractivity (Wildman–Crippen MR) is 123 cm³/mol. The molecule has 4 rings (SSSR count). The summed E-state index contributed by atoms with van der Waals surface area (Å²) < 4.78 is 5.22.